The molecule has 11 heteroatoms. The van der Waals surface area contributed by atoms with Crippen LogP contribution < -0.4 is 5.56 Å². The zero-order valence-corrected chi connectivity index (χ0v) is 17.1. The molecule has 0 spiro atoms. The third-order valence-corrected chi connectivity index (χ3v) is 5.68. The van der Waals surface area contributed by atoms with E-state index in [1.165, 1.54) is 17.0 Å². The summed E-state index contributed by atoms with van der Waals surface area (Å²) in [5, 5.41) is 10.1. The highest BCUT2D eigenvalue weighted by Gasteiger charge is 2.34. The predicted octanol–water partition coefficient (Wildman–Crippen LogP) is 3.42. The van der Waals surface area contributed by atoms with Crippen molar-refractivity contribution in [2.75, 3.05) is 0 Å². The van der Waals surface area contributed by atoms with Gasteiger partial charge in [-0.05, 0) is 37.5 Å². The molecule has 4 aromatic heterocycles. The van der Waals surface area contributed by atoms with Gasteiger partial charge in [-0.3, -0.25) is 14.3 Å². The molecule has 0 unspecified atom stereocenters. The van der Waals surface area contributed by atoms with E-state index in [2.05, 4.69) is 24.9 Å². The summed E-state index contributed by atoms with van der Waals surface area (Å²) in [5.74, 6) is -1.26. The molecule has 0 aromatic carbocycles. The molecular formula is C22H17F3N6O2. The smallest absolute Gasteiger partial charge is 0.393 e. The van der Waals surface area contributed by atoms with Crippen molar-refractivity contribution in [2.45, 2.75) is 37.6 Å². The van der Waals surface area contributed by atoms with E-state index in [1.54, 1.807) is 24.5 Å². The lowest BCUT2D eigenvalue weighted by Gasteiger charge is -2.15. The van der Waals surface area contributed by atoms with E-state index < -0.39 is 18.1 Å². The van der Waals surface area contributed by atoms with Crippen LogP contribution in [0.25, 0.3) is 33.4 Å². The maximum Gasteiger partial charge on any atom is 0.451 e. The van der Waals surface area contributed by atoms with Gasteiger partial charge in [-0.1, -0.05) is 0 Å². The minimum Gasteiger partial charge on any atom is -0.393 e. The first-order chi connectivity index (χ1) is 15.8. The number of rotatable bonds is 3. The maximum absolute atomic E-state index is 13.4. The Morgan fingerprint density at radius 3 is 2.48 bits per heavy atom. The van der Waals surface area contributed by atoms with Crippen LogP contribution in [0.4, 0.5) is 13.2 Å². The number of nitrogens with zero attached hydrogens (tertiary/aromatic N) is 6. The van der Waals surface area contributed by atoms with Gasteiger partial charge in [0.2, 0.25) is 5.82 Å². The van der Waals surface area contributed by atoms with Gasteiger partial charge in [-0.25, -0.2) is 19.9 Å². The standard InChI is InChI=1S/C22H17F3N6O2/c23-22(24,25)21-27-9-13(10-28-21)17-7-16-19(18(30-17)12-2-1-5-26-8-12)29-11-31(20(16)33)14-3-4-15(32)6-14/h1-2,5,7-11,14-15,32H,3-4,6H2/t14-,15+/m1/s1. The Bertz CT molecular complexity index is 1370. The van der Waals surface area contributed by atoms with Crippen LogP contribution in [-0.2, 0) is 6.18 Å². The first-order valence-corrected chi connectivity index (χ1v) is 10.2. The molecule has 168 valence electrons. The fourth-order valence-electron chi connectivity index (χ4n) is 4.05. The molecule has 0 amide bonds. The number of halogens is 3. The monoisotopic (exact) mass is 454 g/mol. The fourth-order valence-corrected chi connectivity index (χ4v) is 4.05. The summed E-state index contributed by atoms with van der Waals surface area (Å²) >= 11 is 0. The lowest BCUT2D eigenvalue weighted by atomic mass is 10.1. The number of aromatic nitrogens is 6. The third kappa shape index (κ3) is 3.95. The molecule has 1 fully saturated rings. The van der Waals surface area contributed by atoms with Crippen LogP contribution >= 0.6 is 0 Å². The highest BCUT2D eigenvalue weighted by Crippen LogP contribution is 2.32. The molecular weight excluding hydrogens is 437 g/mol. The Balaban J connectivity index is 1.71. The first kappa shape index (κ1) is 21.1. The Morgan fingerprint density at radius 1 is 1.06 bits per heavy atom. The summed E-state index contributed by atoms with van der Waals surface area (Å²) in [4.78, 5) is 33.3. The Labute approximate surface area is 184 Å². The summed E-state index contributed by atoms with van der Waals surface area (Å²) in [7, 11) is 0. The van der Waals surface area contributed by atoms with Gasteiger partial charge in [0.15, 0.2) is 0 Å². The molecule has 33 heavy (non-hydrogen) atoms. The molecule has 1 N–H and O–H groups in total. The van der Waals surface area contributed by atoms with Crippen molar-refractivity contribution in [2.24, 2.45) is 0 Å². The molecule has 0 aliphatic heterocycles. The second-order valence-electron chi connectivity index (χ2n) is 7.86. The van der Waals surface area contributed by atoms with Gasteiger partial charge in [0.25, 0.3) is 5.56 Å². The van der Waals surface area contributed by atoms with Crippen LogP contribution in [0.2, 0.25) is 0 Å². The molecule has 2 atom stereocenters. The van der Waals surface area contributed by atoms with Gasteiger partial charge >= 0.3 is 6.18 Å². The molecule has 4 heterocycles. The number of fused-ring (bicyclic) bond motifs is 1. The largest absolute Gasteiger partial charge is 0.451 e. The van der Waals surface area contributed by atoms with E-state index in [0.29, 0.717) is 36.0 Å². The van der Waals surface area contributed by atoms with Crippen LogP contribution in [0.3, 0.4) is 0 Å². The van der Waals surface area contributed by atoms with Gasteiger partial charge in [0.05, 0.1) is 29.2 Å². The average molecular weight is 454 g/mol. The van der Waals surface area contributed by atoms with E-state index in [-0.39, 0.29) is 28.2 Å². The van der Waals surface area contributed by atoms with Gasteiger partial charge in [0.1, 0.15) is 5.52 Å². The number of alkyl halides is 3. The molecule has 4 aromatic rings. The molecule has 0 bridgehead atoms. The lowest BCUT2D eigenvalue weighted by molar-refractivity contribution is -0.144. The zero-order chi connectivity index (χ0) is 23.2. The molecule has 1 saturated carbocycles. The first-order valence-electron chi connectivity index (χ1n) is 10.2. The zero-order valence-electron chi connectivity index (χ0n) is 17.1. The number of aliphatic hydroxyl groups excluding tert-OH is 1. The lowest BCUT2D eigenvalue weighted by Crippen LogP contribution is -2.24. The summed E-state index contributed by atoms with van der Waals surface area (Å²) < 4.78 is 40.1. The van der Waals surface area contributed by atoms with Crippen LogP contribution in [-0.4, -0.2) is 40.7 Å². The second kappa shape index (κ2) is 8.00. The van der Waals surface area contributed by atoms with Crippen molar-refractivity contribution in [1.29, 1.82) is 0 Å². The van der Waals surface area contributed by atoms with Crippen molar-refractivity contribution >= 4 is 10.9 Å². The van der Waals surface area contributed by atoms with E-state index >= 15 is 0 Å². The average Bonchev–Trinajstić information content (AvgIpc) is 3.25. The topological polar surface area (TPSA) is 107 Å². The van der Waals surface area contributed by atoms with Crippen molar-refractivity contribution < 1.29 is 18.3 Å². The number of aliphatic hydroxyl groups is 1. The van der Waals surface area contributed by atoms with Crippen molar-refractivity contribution in [1.82, 2.24) is 29.5 Å². The fraction of sp³-hybridized carbons (Fsp3) is 0.273. The molecule has 1 aliphatic carbocycles. The van der Waals surface area contributed by atoms with Gasteiger partial charge in [0, 0.05) is 42.0 Å². The molecule has 0 radical (unpaired) electrons. The highest BCUT2D eigenvalue weighted by molar-refractivity contribution is 5.93. The maximum atomic E-state index is 13.4. The van der Waals surface area contributed by atoms with Crippen LogP contribution in [0.15, 0.2) is 54.1 Å². The Morgan fingerprint density at radius 2 is 1.85 bits per heavy atom. The van der Waals surface area contributed by atoms with Gasteiger partial charge in [-0.15, -0.1) is 0 Å². The molecule has 1 aliphatic rings. The van der Waals surface area contributed by atoms with Gasteiger partial charge < -0.3 is 5.11 Å². The van der Waals surface area contributed by atoms with E-state index in [1.807, 2.05) is 0 Å². The molecule has 5 rings (SSSR count). The Hall–Kier alpha value is -3.73. The summed E-state index contributed by atoms with van der Waals surface area (Å²) in [5.41, 5.74) is 1.45. The molecule has 8 nitrogen and oxygen atoms in total. The van der Waals surface area contributed by atoms with E-state index in [9.17, 15) is 23.1 Å². The predicted molar refractivity (Wildman–Crippen MR) is 112 cm³/mol. The minimum absolute atomic E-state index is 0.183. The summed E-state index contributed by atoms with van der Waals surface area (Å²) in [6.45, 7) is 0. The normalized spacial score (nSPS) is 18.7. The van der Waals surface area contributed by atoms with Crippen molar-refractivity contribution in [3.05, 3.63) is 65.5 Å². The minimum atomic E-state index is -4.67. The summed E-state index contributed by atoms with van der Waals surface area (Å²) in [6.07, 6.45) is 3.22. The number of pyridine rings is 2. The quantitative estimate of drug-likeness (QED) is 0.506. The van der Waals surface area contributed by atoms with Crippen LogP contribution in [0.1, 0.15) is 31.1 Å². The number of hydrogen-bond acceptors (Lipinski definition) is 7. The SMILES string of the molecule is O=c1c2cc(-c3cnc(C(F)(F)F)nc3)nc(-c3cccnc3)c2ncn1[C@@H]1CC[C@H](O)C1. The Kier molecular flexibility index (Phi) is 5.12. The second-order valence-corrected chi connectivity index (χ2v) is 7.86. The summed E-state index contributed by atoms with van der Waals surface area (Å²) in [6, 6.07) is 4.76. The van der Waals surface area contributed by atoms with Gasteiger partial charge in [-0.2, -0.15) is 13.2 Å². The van der Waals surface area contributed by atoms with Crippen molar-refractivity contribution in [3.8, 4) is 22.5 Å². The molecule has 0 saturated heterocycles. The highest BCUT2D eigenvalue weighted by atomic mass is 19.4. The van der Waals surface area contributed by atoms with Crippen LogP contribution in [0.5, 0.6) is 0 Å². The van der Waals surface area contributed by atoms with E-state index in [0.717, 1.165) is 12.4 Å². The number of hydrogen-bond donors (Lipinski definition) is 1. The van der Waals surface area contributed by atoms with Crippen molar-refractivity contribution in [3.63, 3.8) is 0 Å². The van der Waals surface area contributed by atoms with Crippen LogP contribution in [0, 0.1) is 0 Å². The third-order valence-electron chi connectivity index (χ3n) is 5.68. The van der Waals surface area contributed by atoms with E-state index in [4.69, 9.17) is 0 Å².